The number of ether oxygens (including phenoxy) is 3. The zero-order valence-corrected chi connectivity index (χ0v) is 17.5. The van der Waals surface area contributed by atoms with E-state index in [0.29, 0.717) is 17.9 Å². The molecule has 0 spiro atoms. The molecular formula is C21H23NO7S. The van der Waals surface area contributed by atoms with Gasteiger partial charge in [-0.15, -0.1) is 0 Å². The third kappa shape index (κ3) is 5.37. The lowest BCUT2D eigenvalue weighted by Crippen LogP contribution is -2.26. The molecule has 160 valence electrons. The summed E-state index contributed by atoms with van der Waals surface area (Å²) in [4.78, 5) is 24.5. The topological polar surface area (TPSA) is 108 Å². The summed E-state index contributed by atoms with van der Waals surface area (Å²) in [6, 6.07) is 10.4. The molecular weight excluding hydrogens is 410 g/mol. The van der Waals surface area contributed by atoms with Crippen LogP contribution in [0.3, 0.4) is 0 Å². The van der Waals surface area contributed by atoms with Crippen LogP contribution in [0.5, 0.6) is 11.5 Å². The van der Waals surface area contributed by atoms with Crippen molar-refractivity contribution in [3.8, 4) is 11.5 Å². The molecule has 0 aromatic heterocycles. The minimum atomic E-state index is -3.84. The van der Waals surface area contributed by atoms with E-state index in [1.54, 1.807) is 24.3 Å². The Bertz CT molecular complexity index is 1030. The molecule has 1 aliphatic rings. The number of esters is 1. The molecule has 0 amide bonds. The lowest BCUT2D eigenvalue weighted by atomic mass is 10.1. The molecule has 0 unspecified atom stereocenters. The van der Waals surface area contributed by atoms with E-state index in [1.165, 1.54) is 25.3 Å². The largest absolute Gasteiger partial charge is 0.495 e. The number of carbonyl (C=O) groups is 2. The number of ketones is 1. The van der Waals surface area contributed by atoms with E-state index in [2.05, 4.69) is 4.72 Å². The zero-order chi connectivity index (χ0) is 21.7. The minimum Gasteiger partial charge on any atom is -0.495 e. The average Bonchev–Trinajstić information content (AvgIpc) is 3.55. The van der Waals surface area contributed by atoms with Gasteiger partial charge in [-0.25, -0.2) is 17.9 Å². The van der Waals surface area contributed by atoms with Gasteiger partial charge in [-0.1, -0.05) is 0 Å². The smallest absolute Gasteiger partial charge is 0.338 e. The van der Waals surface area contributed by atoms with Crippen molar-refractivity contribution in [3.63, 3.8) is 0 Å². The molecule has 1 aliphatic carbocycles. The SMILES string of the molecule is CCOc1ccc(C(=O)COC(=O)c2ccc(OC)c(S(=O)(=O)NC3CC3)c2)cc1. The third-order valence-corrected chi connectivity index (χ3v) is 5.95. The summed E-state index contributed by atoms with van der Waals surface area (Å²) < 4.78 is 43.2. The molecule has 0 heterocycles. The van der Waals surface area contributed by atoms with Gasteiger partial charge in [0.2, 0.25) is 10.0 Å². The Morgan fingerprint density at radius 3 is 2.33 bits per heavy atom. The van der Waals surface area contributed by atoms with Gasteiger partial charge in [0.1, 0.15) is 16.4 Å². The summed E-state index contributed by atoms with van der Waals surface area (Å²) in [6.45, 7) is 1.90. The Kier molecular flexibility index (Phi) is 6.73. The second-order valence-electron chi connectivity index (χ2n) is 6.72. The Morgan fingerprint density at radius 2 is 1.73 bits per heavy atom. The summed E-state index contributed by atoms with van der Waals surface area (Å²) in [6.07, 6.45) is 1.55. The molecule has 9 heteroatoms. The van der Waals surface area contributed by atoms with Crippen molar-refractivity contribution in [2.45, 2.75) is 30.7 Å². The van der Waals surface area contributed by atoms with Crippen LogP contribution < -0.4 is 14.2 Å². The third-order valence-electron chi connectivity index (χ3n) is 4.41. The van der Waals surface area contributed by atoms with E-state index in [-0.39, 0.29) is 28.0 Å². The standard InChI is InChI=1S/C21H23NO7S/c1-3-28-17-9-4-14(5-10-17)18(23)13-29-21(24)15-6-11-19(27-2)20(12-15)30(25,26)22-16-7-8-16/h4-6,9-12,16,22H,3,7-8,13H2,1-2H3. The second-order valence-corrected chi connectivity index (χ2v) is 8.40. The van der Waals surface area contributed by atoms with Crippen molar-refractivity contribution in [3.05, 3.63) is 53.6 Å². The molecule has 0 aliphatic heterocycles. The average molecular weight is 433 g/mol. The number of carbonyl (C=O) groups excluding carboxylic acids is 2. The molecule has 1 saturated carbocycles. The number of sulfonamides is 1. The molecule has 0 atom stereocenters. The lowest BCUT2D eigenvalue weighted by Gasteiger charge is -2.12. The molecule has 2 aromatic carbocycles. The zero-order valence-electron chi connectivity index (χ0n) is 16.7. The Balaban J connectivity index is 1.69. The van der Waals surface area contributed by atoms with Crippen molar-refractivity contribution >= 4 is 21.8 Å². The highest BCUT2D eigenvalue weighted by molar-refractivity contribution is 7.89. The van der Waals surface area contributed by atoms with Crippen LogP contribution in [0.25, 0.3) is 0 Å². The molecule has 1 fully saturated rings. The van der Waals surface area contributed by atoms with Gasteiger partial charge >= 0.3 is 5.97 Å². The summed E-state index contributed by atoms with van der Waals surface area (Å²) in [5.74, 6) is -0.439. The number of nitrogens with one attached hydrogen (secondary N) is 1. The first-order valence-electron chi connectivity index (χ1n) is 9.47. The molecule has 30 heavy (non-hydrogen) atoms. The molecule has 2 aromatic rings. The van der Waals surface area contributed by atoms with E-state index in [0.717, 1.165) is 12.8 Å². The minimum absolute atomic E-state index is 0.00599. The molecule has 0 radical (unpaired) electrons. The molecule has 0 bridgehead atoms. The lowest BCUT2D eigenvalue weighted by molar-refractivity contribution is 0.0474. The van der Waals surface area contributed by atoms with E-state index in [4.69, 9.17) is 14.2 Å². The monoisotopic (exact) mass is 433 g/mol. The molecule has 3 rings (SSSR count). The fraction of sp³-hybridized carbons (Fsp3) is 0.333. The van der Waals surface area contributed by atoms with Gasteiger partial charge in [0.15, 0.2) is 12.4 Å². The van der Waals surface area contributed by atoms with Gasteiger partial charge in [-0.05, 0) is 62.2 Å². The number of Topliss-reactive ketones (excluding diaryl/α,β-unsaturated/α-hetero) is 1. The van der Waals surface area contributed by atoms with Gasteiger partial charge in [-0.2, -0.15) is 0 Å². The number of hydrogen-bond donors (Lipinski definition) is 1. The van der Waals surface area contributed by atoms with E-state index in [1.807, 2.05) is 6.92 Å². The molecule has 1 N–H and O–H groups in total. The van der Waals surface area contributed by atoms with Crippen LogP contribution in [-0.2, 0) is 14.8 Å². The van der Waals surface area contributed by atoms with Crippen LogP contribution in [0.4, 0.5) is 0 Å². The van der Waals surface area contributed by atoms with Gasteiger partial charge in [0.25, 0.3) is 0 Å². The fourth-order valence-electron chi connectivity index (χ4n) is 2.70. The Hall–Kier alpha value is -2.91. The first-order valence-corrected chi connectivity index (χ1v) is 11.0. The summed E-state index contributed by atoms with van der Waals surface area (Å²) in [5.41, 5.74) is 0.379. The molecule has 0 saturated heterocycles. The summed E-state index contributed by atoms with van der Waals surface area (Å²) >= 11 is 0. The van der Waals surface area contributed by atoms with Crippen molar-refractivity contribution in [1.29, 1.82) is 0 Å². The van der Waals surface area contributed by atoms with Crippen LogP contribution in [0, 0.1) is 0 Å². The quantitative estimate of drug-likeness (QED) is 0.453. The predicted octanol–water partition coefficient (Wildman–Crippen LogP) is 2.57. The highest BCUT2D eigenvalue weighted by atomic mass is 32.2. The summed E-state index contributed by atoms with van der Waals surface area (Å²) in [5, 5.41) is 0. The van der Waals surface area contributed by atoms with Crippen LogP contribution in [-0.4, -0.2) is 46.5 Å². The molecule has 8 nitrogen and oxygen atoms in total. The van der Waals surface area contributed by atoms with Crippen LogP contribution in [0.15, 0.2) is 47.4 Å². The maximum absolute atomic E-state index is 12.6. The number of benzene rings is 2. The Morgan fingerprint density at radius 1 is 1.07 bits per heavy atom. The van der Waals surface area contributed by atoms with Crippen LogP contribution >= 0.6 is 0 Å². The normalized spacial score (nSPS) is 13.5. The van der Waals surface area contributed by atoms with Gasteiger partial charge in [-0.3, -0.25) is 4.79 Å². The Labute approximate surface area is 175 Å². The maximum Gasteiger partial charge on any atom is 0.338 e. The second kappa shape index (κ2) is 9.27. The van der Waals surface area contributed by atoms with Crippen molar-refractivity contribution in [2.75, 3.05) is 20.3 Å². The fourth-order valence-corrected chi connectivity index (χ4v) is 4.20. The van der Waals surface area contributed by atoms with Crippen LogP contribution in [0.1, 0.15) is 40.5 Å². The highest BCUT2D eigenvalue weighted by Crippen LogP contribution is 2.28. The number of methoxy groups -OCH3 is 1. The van der Waals surface area contributed by atoms with Gasteiger partial charge in [0, 0.05) is 11.6 Å². The maximum atomic E-state index is 12.6. The highest BCUT2D eigenvalue weighted by Gasteiger charge is 2.30. The number of hydrogen-bond acceptors (Lipinski definition) is 7. The van der Waals surface area contributed by atoms with Crippen molar-refractivity contribution < 1.29 is 32.2 Å². The number of rotatable bonds is 10. The van der Waals surface area contributed by atoms with E-state index >= 15 is 0 Å². The van der Waals surface area contributed by atoms with E-state index < -0.39 is 22.6 Å². The van der Waals surface area contributed by atoms with Gasteiger partial charge < -0.3 is 14.2 Å². The summed E-state index contributed by atoms with van der Waals surface area (Å²) in [7, 11) is -2.49. The van der Waals surface area contributed by atoms with E-state index in [9.17, 15) is 18.0 Å². The van der Waals surface area contributed by atoms with Crippen molar-refractivity contribution in [1.82, 2.24) is 4.72 Å². The first kappa shape index (κ1) is 21.8. The van der Waals surface area contributed by atoms with Crippen LogP contribution in [0.2, 0.25) is 0 Å². The first-order chi connectivity index (χ1) is 14.3. The van der Waals surface area contributed by atoms with Crippen molar-refractivity contribution in [2.24, 2.45) is 0 Å². The van der Waals surface area contributed by atoms with Gasteiger partial charge in [0.05, 0.1) is 19.3 Å². The predicted molar refractivity (Wildman–Crippen MR) is 109 cm³/mol.